The van der Waals surface area contributed by atoms with Crippen LogP contribution in [0.2, 0.25) is 0 Å². The van der Waals surface area contributed by atoms with E-state index in [2.05, 4.69) is 10.6 Å². The van der Waals surface area contributed by atoms with Crippen molar-refractivity contribution in [2.24, 2.45) is 22.9 Å². The summed E-state index contributed by atoms with van der Waals surface area (Å²) in [5, 5.41) is 87.4. The fraction of sp³-hybridized carbons (Fsp3) is 0.962. The van der Waals surface area contributed by atoms with Crippen LogP contribution in [-0.2, 0) is 23.7 Å². The van der Waals surface area contributed by atoms with Gasteiger partial charge in [0.1, 0.15) is 42.2 Å². The first kappa shape index (κ1) is 36.6. The molecule has 2 heterocycles. The molecule has 0 bridgehead atoms. The molecular weight excluding hydrogens is 604 g/mol. The van der Waals surface area contributed by atoms with E-state index >= 15 is 0 Å². The van der Waals surface area contributed by atoms with E-state index in [-0.39, 0.29) is 44.8 Å². The van der Waals surface area contributed by atoms with Crippen LogP contribution in [0.15, 0.2) is 0 Å². The summed E-state index contributed by atoms with van der Waals surface area (Å²) in [5.74, 6) is -0.764. The summed E-state index contributed by atoms with van der Waals surface area (Å²) >= 11 is 0. The lowest BCUT2D eigenvalue weighted by Crippen LogP contribution is -2.70. The zero-order chi connectivity index (χ0) is 33.2. The van der Waals surface area contributed by atoms with E-state index in [1.165, 1.54) is 0 Å². The molecule has 4 aliphatic rings. The smallest absolute Gasteiger partial charge is 0.252 e. The van der Waals surface area contributed by atoms with Crippen molar-refractivity contribution < 1.29 is 64.6 Å². The minimum Gasteiger partial charge on any atom is -0.394 e. The second-order valence-electron chi connectivity index (χ2n) is 12.7. The number of nitrogens with two attached hydrogens (primary N) is 4. The van der Waals surface area contributed by atoms with Gasteiger partial charge in [-0.15, -0.1) is 0 Å². The maximum absolute atomic E-state index is 13.0. The SMILES string of the molecule is NC1CC(O)(C(=O)N[C@@H]2C[C@H](N)C(O[C@H]3O[C@H](CNCC(O)CO)[C@@H](O)C[C@H]3N)[C@H](O)[C@H]2O[C@H]2O[C@H](CO)[C@@H](O)[C@H](N)[C@H]2O)C1. The molecule has 4 rings (SSSR count). The minimum absolute atomic E-state index is 0.0184. The number of hydrogen-bond donors (Lipinski definition) is 14. The molecule has 45 heavy (non-hydrogen) atoms. The third-order valence-electron chi connectivity index (χ3n) is 9.01. The number of nitrogens with one attached hydrogen (secondary N) is 2. The average molecular weight is 655 g/mol. The molecule has 4 fully saturated rings. The van der Waals surface area contributed by atoms with Gasteiger partial charge in [-0.1, -0.05) is 0 Å². The molecule has 2 unspecified atom stereocenters. The fourth-order valence-corrected chi connectivity index (χ4v) is 6.25. The van der Waals surface area contributed by atoms with Crippen LogP contribution in [0.4, 0.5) is 0 Å². The Morgan fingerprint density at radius 3 is 2.16 bits per heavy atom. The number of amides is 1. The molecular formula is C26H50N6O13. The zero-order valence-electron chi connectivity index (χ0n) is 24.8. The molecule has 2 aliphatic carbocycles. The predicted octanol–water partition coefficient (Wildman–Crippen LogP) is -8.30. The monoisotopic (exact) mass is 654 g/mol. The summed E-state index contributed by atoms with van der Waals surface area (Å²) in [6, 6.07) is -4.50. The molecule has 1 amide bonds. The largest absolute Gasteiger partial charge is 0.394 e. The van der Waals surface area contributed by atoms with E-state index in [1.54, 1.807) is 0 Å². The maximum Gasteiger partial charge on any atom is 0.252 e. The Kier molecular flexibility index (Phi) is 12.5. The van der Waals surface area contributed by atoms with E-state index < -0.39 is 116 Å². The summed E-state index contributed by atoms with van der Waals surface area (Å²) in [5.41, 5.74) is 22.6. The van der Waals surface area contributed by atoms with E-state index in [1.807, 2.05) is 0 Å². The van der Waals surface area contributed by atoms with Gasteiger partial charge in [-0.2, -0.15) is 0 Å². The number of aliphatic hydroxyl groups excluding tert-OH is 7. The Morgan fingerprint density at radius 1 is 0.889 bits per heavy atom. The number of ether oxygens (including phenoxy) is 4. The van der Waals surface area contributed by atoms with Gasteiger partial charge < -0.3 is 93.4 Å². The highest BCUT2D eigenvalue weighted by Crippen LogP contribution is 2.34. The van der Waals surface area contributed by atoms with Gasteiger partial charge >= 0.3 is 0 Å². The van der Waals surface area contributed by atoms with Crippen LogP contribution in [0.1, 0.15) is 25.7 Å². The van der Waals surface area contributed by atoms with Gasteiger partial charge in [-0.3, -0.25) is 4.79 Å². The van der Waals surface area contributed by atoms with Gasteiger partial charge in [0.25, 0.3) is 5.91 Å². The van der Waals surface area contributed by atoms with E-state index in [9.17, 15) is 40.5 Å². The summed E-state index contributed by atoms with van der Waals surface area (Å²) in [6.07, 6.45) is -14.0. The highest BCUT2D eigenvalue weighted by molar-refractivity contribution is 5.86. The molecule has 2 aliphatic heterocycles. The van der Waals surface area contributed by atoms with Gasteiger partial charge in [-0.25, -0.2) is 0 Å². The van der Waals surface area contributed by atoms with Crippen LogP contribution in [0.25, 0.3) is 0 Å². The summed E-state index contributed by atoms with van der Waals surface area (Å²) < 4.78 is 23.5. The maximum atomic E-state index is 13.0. The molecule has 262 valence electrons. The molecule has 0 spiro atoms. The van der Waals surface area contributed by atoms with Crippen molar-refractivity contribution in [2.45, 2.75) is 129 Å². The normalized spacial score (nSPS) is 48.0. The number of rotatable bonds is 12. The summed E-state index contributed by atoms with van der Waals surface area (Å²) in [7, 11) is 0. The first-order chi connectivity index (χ1) is 21.2. The van der Waals surface area contributed by atoms with Gasteiger partial charge in [0.15, 0.2) is 12.6 Å². The molecule has 0 radical (unpaired) electrons. The highest BCUT2D eigenvalue weighted by atomic mass is 16.7. The van der Waals surface area contributed by atoms with Crippen LogP contribution in [0.3, 0.4) is 0 Å². The molecule has 2 saturated carbocycles. The zero-order valence-corrected chi connectivity index (χ0v) is 24.8. The van der Waals surface area contributed by atoms with Crippen LogP contribution < -0.4 is 33.6 Å². The predicted molar refractivity (Wildman–Crippen MR) is 151 cm³/mol. The quantitative estimate of drug-likeness (QED) is 0.0928. The molecule has 18 N–H and O–H groups in total. The number of carbonyl (C=O) groups is 1. The molecule has 19 heteroatoms. The summed E-state index contributed by atoms with van der Waals surface area (Å²) in [6.45, 7) is -1.00. The van der Waals surface area contributed by atoms with E-state index in [0.29, 0.717) is 0 Å². The standard InChI is InChI=1S/C26H50N6O13/c27-9-3-26(41,4-9)25(40)32-13-1-11(28)21(20(39)22(13)45-24-19(38)17(30)18(37)16(8-34)43-24)44-23-12(29)2-14(36)15(42-23)6-31-5-10(35)7-33/h9-24,31,33-39,41H,1-8,27-30H2,(H,32,40)/t9?,10?,11-,12+,13+,14-,15+,16+,17-,18+,19+,20-,21?,22-,23+,24+,26?/m0/s1. The first-order valence-corrected chi connectivity index (χ1v) is 15.2. The van der Waals surface area contributed by atoms with Crippen molar-refractivity contribution in [3.63, 3.8) is 0 Å². The van der Waals surface area contributed by atoms with Crippen LogP contribution in [-0.4, -0.2) is 176 Å². The van der Waals surface area contributed by atoms with Crippen LogP contribution in [0, 0.1) is 0 Å². The van der Waals surface area contributed by atoms with Gasteiger partial charge in [0, 0.05) is 38.0 Å². The number of aliphatic hydroxyl groups is 8. The Hall–Kier alpha value is -1.21. The summed E-state index contributed by atoms with van der Waals surface area (Å²) in [4.78, 5) is 13.0. The molecule has 2 saturated heterocycles. The molecule has 0 aromatic rings. The lowest BCUT2D eigenvalue weighted by molar-refractivity contribution is -0.316. The lowest BCUT2D eigenvalue weighted by atomic mass is 9.75. The highest BCUT2D eigenvalue weighted by Gasteiger charge is 2.53. The van der Waals surface area contributed by atoms with Gasteiger partial charge in [-0.05, 0) is 12.8 Å². The first-order valence-electron chi connectivity index (χ1n) is 15.2. The topological polar surface area (TPSA) is 344 Å². The third kappa shape index (κ3) is 8.27. The molecule has 19 nitrogen and oxygen atoms in total. The molecule has 15 atom stereocenters. The van der Waals surface area contributed by atoms with Crippen LogP contribution in [0.5, 0.6) is 0 Å². The Balaban J connectivity index is 1.50. The molecule has 0 aromatic carbocycles. The third-order valence-corrected chi connectivity index (χ3v) is 9.01. The van der Waals surface area contributed by atoms with Crippen molar-refractivity contribution in [3.05, 3.63) is 0 Å². The van der Waals surface area contributed by atoms with Gasteiger partial charge in [0.05, 0.1) is 49.7 Å². The number of hydrogen-bond acceptors (Lipinski definition) is 18. The Bertz CT molecular complexity index is 966. The van der Waals surface area contributed by atoms with Crippen LogP contribution >= 0.6 is 0 Å². The van der Waals surface area contributed by atoms with Crippen molar-refractivity contribution in [1.82, 2.24) is 10.6 Å². The second-order valence-corrected chi connectivity index (χ2v) is 12.7. The van der Waals surface area contributed by atoms with Crippen molar-refractivity contribution in [1.29, 1.82) is 0 Å². The van der Waals surface area contributed by atoms with Gasteiger partial charge in [0.2, 0.25) is 0 Å². The Labute approximate surface area is 259 Å². The lowest BCUT2D eigenvalue weighted by Gasteiger charge is -2.49. The Morgan fingerprint density at radius 2 is 1.53 bits per heavy atom. The molecule has 0 aromatic heterocycles. The second kappa shape index (κ2) is 15.3. The van der Waals surface area contributed by atoms with Crippen molar-refractivity contribution in [2.75, 3.05) is 26.3 Å². The minimum atomic E-state index is -1.73. The van der Waals surface area contributed by atoms with Crippen molar-refractivity contribution in [3.8, 4) is 0 Å². The number of carbonyl (C=O) groups excluding carboxylic acids is 1. The van der Waals surface area contributed by atoms with E-state index in [0.717, 1.165) is 0 Å². The fourth-order valence-electron chi connectivity index (χ4n) is 6.25. The average Bonchev–Trinajstić information content (AvgIpc) is 2.97. The van der Waals surface area contributed by atoms with E-state index in [4.69, 9.17) is 47.0 Å². The van der Waals surface area contributed by atoms with Crippen molar-refractivity contribution >= 4 is 5.91 Å².